The average Bonchev–Trinajstić information content (AvgIpc) is 4.00. The Morgan fingerprint density at radius 3 is 2.29 bits per heavy atom. The average molecular weight is 821 g/mol. The van der Waals surface area contributed by atoms with E-state index in [4.69, 9.17) is 14.2 Å². The van der Waals surface area contributed by atoms with Gasteiger partial charge in [0.05, 0.1) is 19.2 Å². The lowest BCUT2D eigenvalue weighted by atomic mass is 10.0. The van der Waals surface area contributed by atoms with Crippen LogP contribution in [0.15, 0.2) is 97.3 Å². The van der Waals surface area contributed by atoms with Crippen molar-refractivity contribution in [2.75, 3.05) is 30.1 Å². The van der Waals surface area contributed by atoms with E-state index in [2.05, 4.69) is 38.5 Å². The van der Waals surface area contributed by atoms with Crippen LogP contribution >= 0.6 is 11.8 Å². The molecule has 59 heavy (non-hydrogen) atoms. The topological polar surface area (TPSA) is 121 Å². The van der Waals surface area contributed by atoms with Crippen LogP contribution in [-0.4, -0.2) is 46.0 Å². The number of unbranched alkanes of at least 4 members (excludes halogenated alkanes) is 4. The molecule has 0 aliphatic heterocycles. The molecule has 0 saturated heterocycles. The standard InChI is InChI=1S/C46H46F2N4O6S/c1-52-29-30(34-10-6-7-11-38(34)52)12-19-43(53)59-25-9-5-3-4-8-24-57-42-28-37-35(27-41(42)56-2)39(20-23-49-37)58-40-18-17-33(26-36(40)48)51-45(55)46(21-22-46)44(54)50-32-15-13-31(47)14-16-32/h6-7,10-11,13-18,20,23,26-29H,3-5,8-9,12,19,21-22,24-25H2,1-2H3,(H,50,54)(H,51,55). The number of anilines is 2. The van der Waals surface area contributed by atoms with Crippen molar-refractivity contribution < 1.29 is 37.4 Å². The summed E-state index contributed by atoms with van der Waals surface area (Å²) < 4.78 is 48.5. The number of rotatable bonds is 19. The Labute approximate surface area is 345 Å². The quantitative estimate of drug-likeness (QED) is 0.0612. The molecule has 0 atom stereocenters. The second kappa shape index (κ2) is 18.8. The summed E-state index contributed by atoms with van der Waals surface area (Å²) in [5, 5.41) is 7.35. The fourth-order valence-electron chi connectivity index (χ4n) is 7.02. The molecule has 1 saturated carbocycles. The number of hydrogen-bond acceptors (Lipinski definition) is 8. The molecule has 306 valence electrons. The number of aryl methyl sites for hydroxylation is 2. The molecule has 6 aromatic rings. The summed E-state index contributed by atoms with van der Waals surface area (Å²) in [6, 6.07) is 22.7. The number of methoxy groups -OCH3 is 1. The minimum Gasteiger partial charge on any atom is -0.493 e. The van der Waals surface area contributed by atoms with Crippen molar-refractivity contribution in [1.82, 2.24) is 9.55 Å². The molecule has 0 spiro atoms. The Morgan fingerprint density at radius 2 is 1.53 bits per heavy atom. The van der Waals surface area contributed by atoms with Crippen molar-refractivity contribution in [3.63, 3.8) is 0 Å². The van der Waals surface area contributed by atoms with E-state index < -0.39 is 28.9 Å². The smallest absolute Gasteiger partial charge is 0.240 e. The molecular weight excluding hydrogens is 775 g/mol. The van der Waals surface area contributed by atoms with Gasteiger partial charge in [0.1, 0.15) is 17.0 Å². The first-order valence-corrected chi connectivity index (χ1v) is 20.8. The zero-order valence-electron chi connectivity index (χ0n) is 33.0. The Hall–Kier alpha value is -5.95. The molecule has 1 aliphatic carbocycles. The highest BCUT2D eigenvalue weighted by molar-refractivity contribution is 8.13. The van der Waals surface area contributed by atoms with Gasteiger partial charge in [0, 0.05) is 71.4 Å². The lowest BCUT2D eigenvalue weighted by Gasteiger charge is -2.16. The van der Waals surface area contributed by atoms with Gasteiger partial charge in [-0.15, -0.1) is 0 Å². The maximum Gasteiger partial charge on any atom is 0.240 e. The zero-order valence-corrected chi connectivity index (χ0v) is 33.8. The minimum atomic E-state index is -1.29. The van der Waals surface area contributed by atoms with Gasteiger partial charge in [0.25, 0.3) is 0 Å². The van der Waals surface area contributed by atoms with Crippen LogP contribution in [0.4, 0.5) is 20.2 Å². The van der Waals surface area contributed by atoms with Gasteiger partial charge in [0.2, 0.25) is 11.8 Å². The largest absolute Gasteiger partial charge is 0.493 e. The van der Waals surface area contributed by atoms with Gasteiger partial charge in [-0.25, -0.2) is 8.78 Å². The van der Waals surface area contributed by atoms with Gasteiger partial charge in [-0.05, 0) is 92.3 Å². The van der Waals surface area contributed by atoms with Crippen molar-refractivity contribution in [2.45, 2.75) is 57.8 Å². The number of thioether (sulfide) groups is 1. The highest BCUT2D eigenvalue weighted by Gasteiger charge is 2.56. The van der Waals surface area contributed by atoms with Crippen LogP contribution < -0.4 is 24.8 Å². The predicted octanol–water partition coefficient (Wildman–Crippen LogP) is 10.4. The molecule has 2 N–H and O–H groups in total. The van der Waals surface area contributed by atoms with Crippen molar-refractivity contribution in [3.8, 4) is 23.0 Å². The van der Waals surface area contributed by atoms with Crippen LogP contribution in [0.5, 0.6) is 23.0 Å². The Morgan fingerprint density at radius 1 is 0.797 bits per heavy atom. The number of nitrogens with one attached hydrogen (secondary N) is 2. The highest BCUT2D eigenvalue weighted by atomic mass is 32.2. The molecule has 7 rings (SSSR count). The number of para-hydroxylation sites is 1. The van der Waals surface area contributed by atoms with Gasteiger partial charge in [0.15, 0.2) is 28.2 Å². The molecule has 10 nitrogen and oxygen atoms in total. The number of halogens is 2. The summed E-state index contributed by atoms with van der Waals surface area (Å²) in [5.41, 5.74) is 2.22. The normalized spacial score (nSPS) is 12.9. The maximum absolute atomic E-state index is 15.4. The van der Waals surface area contributed by atoms with Crippen molar-refractivity contribution in [2.24, 2.45) is 12.5 Å². The molecule has 0 unspecified atom stereocenters. The number of pyridine rings is 1. The molecule has 2 heterocycles. The second-order valence-electron chi connectivity index (χ2n) is 14.7. The molecule has 2 aromatic heterocycles. The Bertz CT molecular complexity index is 2470. The number of ether oxygens (including phenoxy) is 3. The number of fused-ring (bicyclic) bond motifs is 2. The molecule has 0 bridgehead atoms. The summed E-state index contributed by atoms with van der Waals surface area (Å²) in [6.07, 6.45) is 10.6. The summed E-state index contributed by atoms with van der Waals surface area (Å²) in [5.74, 6) is -0.115. The van der Waals surface area contributed by atoms with E-state index in [1.54, 1.807) is 31.5 Å². The number of aromatic nitrogens is 2. The number of benzene rings is 4. The zero-order chi connectivity index (χ0) is 41.4. The van der Waals surface area contributed by atoms with Crippen LogP contribution in [0.3, 0.4) is 0 Å². The molecule has 13 heteroatoms. The number of carbonyl (C=O) groups is 3. The van der Waals surface area contributed by atoms with E-state index in [1.165, 1.54) is 64.6 Å². The SMILES string of the molecule is COc1cc2c(Oc3ccc(NC(=O)C4(C(=O)Nc5ccc(F)cc5)CC4)cc3F)ccnc2cc1OCCCCCCCSC(=O)CCc1cn(C)c2ccccc12. The first kappa shape index (κ1) is 41.2. The van der Waals surface area contributed by atoms with Gasteiger partial charge >= 0.3 is 0 Å². The third-order valence-electron chi connectivity index (χ3n) is 10.5. The first-order valence-electron chi connectivity index (χ1n) is 19.8. The molecular formula is C46H46F2N4O6S. The van der Waals surface area contributed by atoms with Gasteiger partial charge in [-0.3, -0.25) is 19.4 Å². The minimum absolute atomic E-state index is 0.0768. The third kappa shape index (κ3) is 10.0. The predicted molar refractivity (Wildman–Crippen MR) is 227 cm³/mol. The van der Waals surface area contributed by atoms with Crippen LogP contribution in [-0.2, 0) is 27.9 Å². The highest BCUT2D eigenvalue weighted by Crippen LogP contribution is 2.48. The second-order valence-corrected chi connectivity index (χ2v) is 15.8. The van der Waals surface area contributed by atoms with Crippen LogP contribution in [0.25, 0.3) is 21.8 Å². The van der Waals surface area contributed by atoms with E-state index >= 15 is 4.39 Å². The molecule has 1 fully saturated rings. The summed E-state index contributed by atoms with van der Waals surface area (Å²) >= 11 is 1.44. The lowest BCUT2D eigenvalue weighted by Crippen LogP contribution is -2.35. The van der Waals surface area contributed by atoms with E-state index in [0.29, 0.717) is 59.7 Å². The molecule has 4 aromatic carbocycles. The first-order chi connectivity index (χ1) is 28.6. The molecule has 2 amide bonds. The number of carbonyl (C=O) groups excluding carboxylic acids is 3. The Kier molecular flexibility index (Phi) is 13.1. The monoisotopic (exact) mass is 820 g/mol. The van der Waals surface area contributed by atoms with Crippen molar-refractivity contribution in [1.29, 1.82) is 0 Å². The fourth-order valence-corrected chi connectivity index (χ4v) is 7.85. The maximum atomic E-state index is 15.4. The summed E-state index contributed by atoms with van der Waals surface area (Å²) in [6.45, 7) is 0.494. The lowest BCUT2D eigenvalue weighted by molar-refractivity contribution is -0.131. The van der Waals surface area contributed by atoms with Gasteiger partial charge in [-0.2, -0.15) is 0 Å². The fraction of sp³-hybridized carbons (Fsp3) is 0.304. The summed E-state index contributed by atoms with van der Waals surface area (Å²) in [4.78, 5) is 43.0. The van der Waals surface area contributed by atoms with Gasteiger partial charge < -0.3 is 29.4 Å². The van der Waals surface area contributed by atoms with Crippen LogP contribution in [0.1, 0.15) is 56.9 Å². The number of hydrogen-bond donors (Lipinski definition) is 2. The summed E-state index contributed by atoms with van der Waals surface area (Å²) in [7, 11) is 3.58. The van der Waals surface area contributed by atoms with E-state index in [1.807, 2.05) is 19.2 Å². The van der Waals surface area contributed by atoms with Crippen LogP contribution in [0, 0.1) is 17.0 Å². The number of nitrogens with zero attached hydrogens (tertiary/aromatic N) is 2. The van der Waals surface area contributed by atoms with Crippen molar-refractivity contribution >= 4 is 61.9 Å². The van der Waals surface area contributed by atoms with E-state index in [-0.39, 0.29) is 16.6 Å². The van der Waals surface area contributed by atoms with Crippen molar-refractivity contribution in [3.05, 3.63) is 115 Å². The Balaban J connectivity index is 0.846. The van der Waals surface area contributed by atoms with E-state index in [9.17, 15) is 18.8 Å². The molecule has 1 aliphatic rings. The molecule has 0 radical (unpaired) electrons. The number of amides is 2. The third-order valence-corrected chi connectivity index (χ3v) is 11.5. The van der Waals surface area contributed by atoms with Gasteiger partial charge in [-0.1, -0.05) is 49.2 Å². The van der Waals surface area contributed by atoms with Crippen LogP contribution in [0.2, 0.25) is 0 Å². The van der Waals surface area contributed by atoms with E-state index in [0.717, 1.165) is 50.3 Å².